The predicted molar refractivity (Wildman–Crippen MR) is 122 cm³/mol. The van der Waals surface area contributed by atoms with Crippen molar-refractivity contribution in [2.45, 2.75) is 32.8 Å². The Morgan fingerprint density at radius 3 is 2.16 bits per heavy atom. The molecule has 0 heterocycles. The highest BCUT2D eigenvalue weighted by molar-refractivity contribution is 6.04. The number of ether oxygens (including phenoxy) is 1. The van der Waals surface area contributed by atoms with Crippen molar-refractivity contribution in [1.82, 2.24) is 0 Å². The van der Waals surface area contributed by atoms with Crippen LogP contribution in [0.25, 0.3) is 0 Å². The maximum atomic E-state index is 12.5. The van der Waals surface area contributed by atoms with Gasteiger partial charge in [0.25, 0.3) is 11.6 Å². The Hall–Kier alpha value is -4.00. The summed E-state index contributed by atoms with van der Waals surface area (Å²) in [6.45, 7) is 6.25. The van der Waals surface area contributed by atoms with Crippen LogP contribution >= 0.6 is 0 Å². The number of carbonyl (C=O) groups excluding carboxylic acids is 2. The zero-order valence-corrected chi connectivity index (χ0v) is 18.1. The maximum absolute atomic E-state index is 12.5. The molecule has 7 nitrogen and oxygen atoms in total. The zero-order chi connectivity index (χ0) is 23.3. The van der Waals surface area contributed by atoms with Gasteiger partial charge in [0.1, 0.15) is 6.61 Å². The largest absolute Gasteiger partial charge is 0.457 e. The van der Waals surface area contributed by atoms with Gasteiger partial charge in [-0.25, -0.2) is 4.79 Å². The number of esters is 1. The fourth-order valence-corrected chi connectivity index (χ4v) is 3.01. The third-order valence-electron chi connectivity index (χ3n) is 4.88. The number of nitrogens with one attached hydrogen (secondary N) is 1. The van der Waals surface area contributed by atoms with E-state index in [1.807, 2.05) is 12.1 Å². The van der Waals surface area contributed by atoms with E-state index < -0.39 is 10.9 Å². The Morgan fingerprint density at radius 1 is 0.938 bits per heavy atom. The van der Waals surface area contributed by atoms with Crippen molar-refractivity contribution in [3.05, 3.63) is 105 Å². The second kappa shape index (κ2) is 9.43. The highest BCUT2D eigenvalue weighted by atomic mass is 16.6. The minimum absolute atomic E-state index is 0.00861. The van der Waals surface area contributed by atoms with Gasteiger partial charge in [-0.05, 0) is 52.9 Å². The number of hydrogen-bond acceptors (Lipinski definition) is 5. The molecule has 7 heteroatoms. The quantitative estimate of drug-likeness (QED) is 0.315. The molecule has 3 rings (SSSR count). The minimum atomic E-state index is -0.563. The molecule has 0 bridgehead atoms. The van der Waals surface area contributed by atoms with Gasteiger partial charge in [-0.15, -0.1) is 0 Å². The summed E-state index contributed by atoms with van der Waals surface area (Å²) in [7, 11) is 0. The summed E-state index contributed by atoms with van der Waals surface area (Å²) in [6.07, 6.45) is 0. The van der Waals surface area contributed by atoms with E-state index in [1.54, 1.807) is 42.5 Å². The van der Waals surface area contributed by atoms with E-state index in [0.29, 0.717) is 22.4 Å². The van der Waals surface area contributed by atoms with Crippen LogP contribution in [0.2, 0.25) is 0 Å². The molecule has 3 aromatic rings. The van der Waals surface area contributed by atoms with Gasteiger partial charge in [0.05, 0.1) is 10.5 Å². The van der Waals surface area contributed by atoms with Crippen molar-refractivity contribution in [2.24, 2.45) is 0 Å². The number of non-ortho nitro benzene ring substituents is 1. The lowest BCUT2D eigenvalue weighted by atomic mass is 9.87. The van der Waals surface area contributed by atoms with Crippen LogP contribution in [0.5, 0.6) is 0 Å². The SMILES string of the molecule is CC(C)(C)c1ccc(C(=O)Nc2ccc(C(=O)OCc3cccc([N+](=O)[O-])c3)cc2)cc1. The molecule has 32 heavy (non-hydrogen) atoms. The van der Waals surface area contributed by atoms with Crippen molar-refractivity contribution in [3.8, 4) is 0 Å². The predicted octanol–water partition coefficient (Wildman–Crippen LogP) is 5.50. The van der Waals surface area contributed by atoms with Crippen LogP contribution < -0.4 is 5.32 Å². The van der Waals surface area contributed by atoms with Crippen molar-refractivity contribution in [2.75, 3.05) is 5.32 Å². The first kappa shape index (κ1) is 22.7. The fraction of sp³-hybridized carbons (Fsp3) is 0.200. The number of hydrogen-bond donors (Lipinski definition) is 1. The highest BCUT2D eigenvalue weighted by Crippen LogP contribution is 2.22. The molecule has 1 amide bonds. The van der Waals surface area contributed by atoms with Crippen LogP contribution in [0.3, 0.4) is 0 Å². The lowest BCUT2D eigenvalue weighted by Crippen LogP contribution is -2.14. The van der Waals surface area contributed by atoms with Crippen LogP contribution in [0, 0.1) is 10.1 Å². The Balaban J connectivity index is 1.58. The van der Waals surface area contributed by atoms with Gasteiger partial charge >= 0.3 is 5.97 Å². The van der Waals surface area contributed by atoms with E-state index >= 15 is 0 Å². The van der Waals surface area contributed by atoms with Crippen LogP contribution in [-0.2, 0) is 16.8 Å². The fourth-order valence-electron chi connectivity index (χ4n) is 3.01. The van der Waals surface area contributed by atoms with Crippen molar-refractivity contribution >= 4 is 23.3 Å². The monoisotopic (exact) mass is 432 g/mol. The van der Waals surface area contributed by atoms with Crippen molar-refractivity contribution in [1.29, 1.82) is 0 Å². The van der Waals surface area contributed by atoms with E-state index in [1.165, 1.54) is 18.2 Å². The van der Waals surface area contributed by atoms with Crippen LogP contribution in [-0.4, -0.2) is 16.8 Å². The molecule has 0 atom stereocenters. The van der Waals surface area contributed by atoms with Crippen LogP contribution in [0.15, 0.2) is 72.8 Å². The molecule has 0 radical (unpaired) electrons. The average molecular weight is 432 g/mol. The summed E-state index contributed by atoms with van der Waals surface area (Å²) in [6, 6.07) is 19.7. The molecular formula is C25H24N2O5. The first-order valence-electron chi connectivity index (χ1n) is 10.1. The number of rotatable bonds is 6. The van der Waals surface area contributed by atoms with E-state index in [-0.39, 0.29) is 23.6 Å². The number of carbonyl (C=O) groups is 2. The zero-order valence-electron chi connectivity index (χ0n) is 18.1. The molecule has 0 aromatic heterocycles. The van der Waals surface area contributed by atoms with E-state index in [0.717, 1.165) is 5.56 Å². The Kier molecular flexibility index (Phi) is 6.68. The molecule has 164 valence electrons. The molecule has 0 aliphatic carbocycles. The normalized spacial score (nSPS) is 11.0. The highest BCUT2D eigenvalue weighted by Gasteiger charge is 2.15. The van der Waals surface area contributed by atoms with E-state index in [9.17, 15) is 19.7 Å². The summed E-state index contributed by atoms with van der Waals surface area (Å²) in [4.78, 5) is 35.1. The number of amides is 1. The number of nitro benzene ring substituents is 1. The van der Waals surface area contributed by atoms with Crippen molar-refractivity contribution < 1.29 is 19.2 Å². The van der Waals surface area contributed by atoms with E-state index in [4.69, 9.17) is 4.74 Å². The summed E-state index contributed by atoms with van der Waals surface area (Å²) < 4.78 is 5.23. The van der Waals surface area contributed by atoms with Gasteiger partial charge in [-0.2, -0.15) is 0 Å². The molecule has 3 aromatic carbocycles. The standard InChI is InChI=1S/C25H24N2O5/c1-25(2,3)20-11-7-18(8-12-20)23(28)26-21-13-9-19(10-14-21)24(29)32-16-17-5-4-6-22(15-17)27(30)31/h4-15H,16H2,1-3H3,(H,26,28). The van der Waals surface area contributed by atoms with Gasteiger partial charge in [0, 0.05) is 23.4 Å². The third-order valence-corrected chi connectivity index (χ3v) is 4.88. The molecule has 0 aliphatic rings. The number of nitrogens with zero attached hydrogens (tertiary/aromatic N) is 1. The smallest absolute Gasteiger partial charge is 0.338 e. The second-order valence-electron chi connectivity index (χ2n) is 8.36. The molecule has 1 N–H and O–H groups in total. The summed E-state index contributed by atoms with van der Waals surface area (Å²) in [5, 5.41) is 13.6. The van der Waals surface area contributed by atoms with Gasteiger partial charge in [0.15, 0.2) is 0 Å². The summed E-state index contributed by atoms with van der Waals surface area (Å²) in [5.41, 5.74) is 3.00. The van der Waals surface area contributed by atoms with Gasteiger partial charge in [-0.1, -0.05) is 45.0 Å². The van der Waals surface area contributed by atoms with Gasteiger partial charge < -0.3 is 10.1 Å². The number of nitro groups is 1. The number of benzene rings is 3. The molecule has 0 aliphatic heterocycles. The molecule has 0 saturated heterocycles. The average Bonchev–Trinajstić information content (AvgIpc) is 2.77. The van der Waals surface area contributed by atoms with Crippen molar-refractivity contribution in [3.63, 3.8) is 0 Å². The first-order valence-corrected chi connectivity index (χ1v) is 10.1. The lowest BCUT2D eigenvalue weighted by Gasteiger charge is -2.19. The summed E-state index contributed by atoms with van der Waals surface area (Å²) >= 11 is 0. The maximum Gasteiger partial charge on any atom is 0.338 e. The first-order chi connectivity index (χ1) is 15.1. The van der Waals surface area contributed by atoms with E-state index in [2.05, 4.69) is 26.1 Å². The van der Waals surface area contributed by atoms with Gasteiger partial charge in [-0.3, -0.25) is 14.9 Å². The topological polar surface area (TPSA) is 98.5 Å². The third kappa shape index (κ3) is 5.78. The molecule has 0 fully saturated rings. The Morgan fingerprint density at radius 2 is 1.56 bits per heavy atom. The molecule has 0 saturated carbocycles. The minimum Gasteiger partial charge on any atom is -0.457 e. The summed E-state index contributed by atoms with van der Waals surface area (Å²) in [5.74, 6) is -0.807. The lowest BCUT2D eigenvalue weighted by molar-refractivity contribution is -0.384. The number of anilines is 1. The van der Waals surface area contributed by atoms with Gasteiger partial charge in [0.2, 0.25) is 0 Å². The molecule has 0 unspecified atom stereocenters. The van der Waals surface area contributed by atoms with Crippen LogP contribution in [0.1, 0.15) is 52.6 Å². The van der Waals surface area contributed by atoms with Crippen LogP contribution in [0.4, 0.5) is 11.4 Å². The molecular weight excluding hydrogens is 408 g/mol. The molecule has 0 spiro atoms. The second-order valence-corrected chi connectivity index (χ2v) is 8.36. The Bertz CT molecular complexity index is 1130. The Labute approximate surface area is 186 Å².